The van der Waals surface area contributed by atoms with E-state index in [0.29, 0.717) is 5.56 Å². The minimum atomic E-state index is -4.50. The van der Waals surface area contributed by atoms with Crippen molar-refractivity contribution in [2.75, 3.05) is 85.7 Å². The zero-order valence-electron chi connectivity index (χ0n) is 23.3. The summed E-state index contributed by atoms with van der Waals surface area (Å²) in [7, 11) is 1.23. The van der Waals surface area contributed by atoms with Gasteiger partial charge in [0.15, 0.2) is 6.61 Å². The van der Waals surface area contributed by atoms with Gasteiger partial charge in [-0.05, 0) is 24.1 Å². The van der Waals surface area contributed by atoms with Crippen molar-refractivity contribution >= 4 is 23.9 Å². The normalized spacial score (nSPS) is 17.9. The lowest BCUT2D eigenvalue weighted by Gasteiger charge is -2.35. The lowest BCUT2D eigenvalue weighted by molar-refractivity contribution is -0.153. The van der Waals surface area contributed by atoms with Gasteiger partial charge < -0.3 is 24.8 Å². The Morgan fingerprint density at radius 3 is 1.64 bits per heavy atom. The first-order valence-corrected chi connectivity index (χ1v) is 13.2. The fraction of sp³-hybridized carbons (Fsp3) is 0.615. The van der Waals surface area contributed by atoms with Crippen LogP contribution < -0.4 is 4.74 Å². The molecule has 1 aromatic carbocycles. The molecule has 1 heterocycles. The third-order valence-electron chi connectivity index (χ3n) is 6.65. The highest BCUT2D eigenvalue weighted by Crippen LogP contribution is 2.20. The second-order valence-corrected chi connectivity index (χ2v) is 9.83. The molecule has 1 aromatic rings. The maximum atomic E-state index is 12.4. The summed E-state index contributed by atoms with van der Waals surface area (Å²) in [4.78, 5) is 54.0. The Morgan fingerprint density at radius 1 is 0.786 bits per heavy atom. The van der Waals surface area contributed by atoms with Crippen molar-refractivity contribution in [3.8, 4) is 5.75 Å². The molecule has 0 radical (unpaired) electrons. The van der Waals surface area contributed by atoms with Crippen molar-refractivity contribution in [1.82, 2.24) is 19.6 Å². The van der Waals surface area contributed by atoms with E-state index in [2.05, 4.69) is 0 Å². The summed E-state index contributed by atoms with van der Waals surface area (Å²) in [6.45, 7) is -0.501. The highest BCUT2D eigenvalue weighted by Gasteiger charge is 2.30. The van der Waals surface area contributed by atoms with Crippen molar-refractivity contribution in [2.24, 2.45) is 0 Å². The Balaban J connectivity index is 2.27. The number of rotatable bonds is 12. The van der Waals surface area contributed by atoms with Crippen molar-refractivity contribution in [3.63, 3.8) is 0 Å². The molecule has 2 rings (SSSR count). The van der Waals surface area contributed by atoms with Gasteiger partial charge in [0.05, 0.1) is 26.7 Å². The molecule has 16 heteroatoms. The predicted octanol–water partition coefficient (Wildman–Crippen LogP) is 0.187. The fourth-order valence-corrected chi connectivity index (χ4v) is 4.45. The van der Waals surface area contributed by atoms with Crippen LogP contribution in [0.5, 0.6) is 5.75 Å². The Kier molecular flexibility index (Phi) is 13.9. The molecule has 1 fully saturated rings. The number of nitrogens with zero attached hydrogens (tertiary/aromatic N) is 4. The van der Waals surface area contributed by atoms with Crippen LogP contribution in [0, 0.1) is 0 Å². The van der Waals surface area contributed by atoms with Crippen molar-refractivity contribution in [3.05, 3.63) is 29.8 Å². The average molecular weight is 607 g/mol. The molecule has 236 valence electrons. The van der Waals surface area contributed by atoms with Gasteiger partial charge in [-0.3, -0.25) is 38.8 Å². The van der Waals surface area contributed by atoms with Crippen LogP contribution in [0.25, 0.3) is 0 Å². The number of hydrogen-bond acceptors (Lipinski definition) is 10. The van der Waals surface area contributed by atoms with Crippen molar-refractivity contribution < 1.29 is 57.1 Å². The van der Waals surface area contributed by atoms with Gasteiger partial charge in [-0.25, -0.2) is 0 Å². The van der Waals surface area contributed by atoms with E-state index in [1.807, 2.05) is 0 Å². The Hall–Kier alpha value is -3.47. The number of methoxy groups -OCH3 is 1. The first-order valence-electron chi connectivity index (χ1n) is 13.2. The van der Waals surface area contributed by atoms with Crippen LogP contribution in [0.15, 0.2) is 24.3 Å². The molecule has 1 aliphatic rings. The smallest absolute Gasteiger partial charge is 0.422 e. The molecule has 1 atom stereocenters. The van der Waals surface area contributed by atoms with E-state index in [1.54, 1.807) is 19.6 Å². The van der Waals surface area contributed by atoms with Crippen LogP contribution in [-0.2, 0) is 30.3 Å². The zero-order valence-corrected chi connectivity index (χ0v) is 23.3. The molecule has 1 aliphatic heterocycles. The summed E-state index contributed by atoms with van der Waals surface area (Å²) in [5.41, 5.74) is 0.533. The molecule has 3 N–H and O–H groups in total. The summed E-state index contributed by atoms with van der Waals surface area (Å²) >= 11 is 0. The number of carbonyl (C=O) groups is 4. The van der Waals surface area contributed by atoms with Crippen LogP contribution >= 0.6 is 0 Å². The number of carboxylic acids is 3. The number of aliphatic carboxylic acids is 3. The Morgan fingerprint density at radius 2 is 1.24 bits per heavy atom. The standard InChI is InChI=1S/C26H37F3N4O9/c1-41-24(38)17-32-9-8-30(15-22(34)35)6-7-31(16-23(36)37)10-12-33(13-11-32)21(25(39)40)14-19-2-4-20(5-3-19)42-18-26(27,28)29/h2-5,21H,6-18H2,1H3,(H,34,35)(H,36,37)(H,39,40). The molecule has 0 amide bonds. The molecule has 1 unspecified atom stereocenters. The highest BCUT2D eigenvalue weighted by atomic mass is 19.4. The minimum absolute atomic E-state index is 0.00277. The van der Waals surface area contributed by atoms with Gasteiger partial charge in [0, 0.05) is 52.4 Å². The summed E-state index contributed by atoms with van der Waals surface area (Å²) in [6, 6.07) is 4.54. The zero-order chi connectivity index (χ0) is 31.3. The molecule has 0 saturated carbocycles. The number of carbonyl (C=O) groups excluding carboxylic acids is 1. The van der Waals surface area contributed by atoms with Crippen molar-refractivity contribution in [1.29, 1.82) is 0 Å². The van der Waals surface area contributed by atoms with Gasteiger partial charge in [-0.15, -0.1) is 0 Å². The van der Waals surface area contributed by atoms with Crippen LogP contribution in [0.1, 0.15) is 5.56 Å². The third-order valence-corrected chi connectivity index (χ3v) is 6.65. The number of carboxylic acid groups (broad SMARTS) is 3. The van der Waals surface area contributed by atoms with Gasteiger partial charge in [-0.2, -0.15) is 13.2 Å². The molecule has 42 heavy (non-hydrogen) atoms. The summed E-state index contributed by atoms with van der Waals surface area (Å²) in [5, 5.41) is 28.8. The van der Waals surface area contributed by atoms with E-state index in [9.17, 15) is 47.7 Å². The maximum absolute atomic E-state index is 12.4. The number of benzene rings is 1. The molecule has 0 bridgehead atoms. The van der Waals surface area contributed by atoms with Crippen LogP contribution in [0.2, 0.25) is 0 Å². The number of esters is 1. The lowest BCUT2D eigenvalue weighted by atomic mass is 10.0. The minimum Gasteiger partial charge on any atom is -0.484 e. The number of ether oxygens (including phenoxy) is 2. The number of hydrogen-bond donors (Lipinski definition) is 3. The quantitative estimate of drug-likeness (QED) is 0.277. The third kappa shape index (κ3) is 13.5. The topological polar surface area (TPSA) is 160 Å². The van der Waals surface area contributed by atoms with Gasteiger partial charge in [0.1, 0.15) is 11.8 Å². The maximum Gasteiger partial charge on any atom is 0.422 e. The average Bonchev–Trinajstić information content (AvgIpc) is 2.90. The van der Waals surface area contributed by atoms with Gasteiger partial charge >= 0.3 is 30.1 Å². The van der Waals surface area contributed by atoms with E-state index in [0.717, 1.165) is 0 Å². The Bertz CT molecular complexity index is 1040. The largest absolute Gasteiger partial charge is 0.484 e. The van der Waals surface area contributed by atoms with Crippen LogP contribution in [0.3, 0.4) is 0 Å². The first-order chi connectivity index (χ1) is 19.8. The molecule has 1 saturated heterocycles. The molecule has 0 aromatic heterocycles. The second-order valence-electron chi connectivity index (χ2n) is 9.83. The molecule has 0 spiro atoms. The van der Waals surface area contributed by atoms with E-state index in [-0.39, 0.29) is 84.2 Å². The van der Waals surface area contributed by atoms with Gasteiger partial charge in [0.25, 0.3) is 0 Å². The van der Waals surface area contributed by atoms with Gasteiger partial charge in [0.2, 0.25) is 0 Å². The van der Waals surface area contributed by atoms with Crippen LogP contribution in [0.4, 0.5) is 13.2 Å². The highest BCUT2D eigenvalue weighted by molar-refractivity contribution is 5.74. The van der Waals surface area contributed by atoms with E-state index < -0.39 is 42.7 Å². The summed E-state index contributed by atoms with van der Waals surface area (Å²) < 4.78 is 46.8. The second kappa shape index (κ2) is 16.8. The van der Waals surface area contributed by atoms with E-state index in [1.165, 1.54) is 31.4 Å². The molecule has 13 nitrogen and oxygen atoms in total. The summed E-state index contributed by atoms with van der Waals surface area (Å²) in [5.74, 6) is -3.84. The fourth-order valence-electron chi connectivity index (χ4n) is 4.45. The molecular formula is C26H37F3N4O9. The monoisotopic (exact) mass is 606 g/mol. The van der Waals surface area contributed by atoms with E-state index >= 15 is 0 Å². The number of alkyl halides is 3. The van der Waals surface area contributed by atoms with E-state index in [4.69, 9.17) is 9.47 Å². The van der Waals surface area contributed by atoms with Crippen LogP contribution in [-0.4, -0.2) is 157 Å². The Labute approximate surface area is 241 Å². The first kappa shape index (κ1) is 34.7. The van der Waals surface area contributed by atoms with Crippen molar-refractivity contribution in [2.45, 2.75) is 18.6 Å². The number of halogens is 3. The molecule has 0 aliphatic carbocycles. The summed E-state index contributed by atoms with van der Waals surface area (Å²) in [6.07, 6.45) is -4.50. The SMILES string of the molecule is COC(=O)CN1CCN(CC(=O)O)CCN(CC(=O)O)CCN(C(Cc2ccc(OCC(F)(F)F)cc2)C(=O)O)CC1. The lowest BCUT2D eigenvalue weighted by Crippen LogP contribution is -2.52. The van der Waals surface area contributed by atoms with Gasteiger partial charge in [-0.1, -0.05) is 12.1 Å². The predicted molar refractivity (Wildman–Crippen MR) is 141 cm³/mol. The molecular weight excluding hydrogens is 569 g/mol.